The second-order valence-electron chi connectivity index (χ2n) is 15.9. The molecule has 290 valence electrons. The standard InChI is InChI=1S/C60H45N/c1-59(2)53-26-14-12-23-50(53)58-51(24-15-27-54(58)59)57-44-19-8-5-16-38(44)30-34-45(57)39-28-31-41(32-29-39)61(56-36-40-17-6-7-18-43(40)46-20-9-10-22-49(46)56)42-33-35-48-47-21-11-13-25-52(47)60(3,4)55(48)37-42/h5-37H,1-4H3/i1D3,2D3,5D,8D,12D,14D,15D,16D,19D,23D,24D,26D,27D,28D,29D,30D,31D,32D,34D. The highest BCUT2D eigenvalue weighted by Gasteiger charge is 2.38. The molecule has 61 heavy (non-hydrogen) atoms. The average Bonchev–Trinajstić information content (AvgIpc) is 1.45. The Bertz CT molecular complexity index is 4610. The number of rotatable bonds is 5. The van der Waals surface area contributed by atoms with Crippen LogP contribution in [0, 0.1) is 0 Å². The predicted octanol–water partition coefficient (Wildman–Crippen LogP) is 16.6. The Labute approximate surface area is 390 Å². The van der Waals surface area contributed by atoms with Gasteiger partial charge in [0.25, 0.3) is 0 Å². The molecule has 1 heteroatoms. The van der Waals surface area contributed by atoms with Gasteiger partial charge in [-0.15, -0.1) is 0 Å². The van der Waals surface area contributed by atoms with Crippen molar-refractivity contribution in [1.82, 2.24) is 0 Å². The van der Waals surface area contributed by atoms with E-state index in [0.717, 1.165) is 38.4 Å². The van der Waals surface area contributed by atoms with Crippen molar-refractivity contribution < 1.29 is 31.5 Å². The van der Waals surface area contributed by atoms with Gasteiger partial charge in [0.05, 0.1) is 29.0 Å². The van der Waals surface area contributed by atoms with E-state index < -0.39 is 183 Å². The average molecular weight is 803 g/mol. The summed E-state index contributed by atoms with van der Waals surface area (Å²) in [6, 6.07) is 13.6. The van der Waals surface area contributed by atoms with Gasteiger partial charge in [-0.3, -0.25) is 0 Å². The Morgan fingerprint density at radius 3 is 1.98 bits per heavy atom. The van der Waals surface area contributed by atoms with E-state index in [-0.39, 0.29) is 5.69 Å². The molecular formula is C60H45N. The smallest absolute Gasteiger partial charge is 0.0645 e. The zero-order valence-electron chi connectivity index (χ0n) is 55.7. The molecule has 0 saturated heterocycles. The van der Waals surface area contributed by atoms with Gasteiger partial charge in [-0.05, 0) is 124 Å². The summed E-state index contributed by atoms with van der Waals surface area (Å²) < 4.78 is 215. The van der Waals surface area contributed by atoms with Crippen molar-refractivity contribution in [3.8, 4) is 44.5 Å². The van der Waals surface area contributed by atoms with Crippen LogP contribution in [0.2, 0.25) is 0 Å². The SMILES string of the molecule is [2H]c1c([2H])c([2H])c2c(c1[2H])-c1c(-c3c(-c4c([2H])c([2H])c(N(c5ccc6c(c5)C(C)(C)c5ccccc5-6)c5cc6ccccc6c6ccccc56)c([2H])c4[2H])c([2H])c([2H])c4c([2H])c([2H])c([2H])c([2H])c34)c([2H])c([2H])c([2H])c1C2(C([2H])([2H])[2H])C([2H])([2H])[2H]. The van der Waals surface area contributed by atoms with Crippen LogP contribution >= 0.6 is 0 Å². The van der Waals surface area contributed by atoms with Crippen LogP contribution in [0.4, 0.5) is 17.1 Å². The maximum Gasteiger partial charge on any atom is 0.0645 e. The Morgan fingerprint density at radius 1 is 0.410 bits per heavy atom. The number of benzene rings is 10. The quantitative estimate of drug-likeness (QED) is 0.157. The number of hydrogen-bond donors (Lipinski definition) is 0. The largest absolute Gasteiger partial charge is 0.310 e. The molecule has 0 fully saturated rings. The lowest BCUT2D eigenvalue weighted by atomic mass is 9.81. The molecule has 10 aromatic carbocycles. The molecule has 0 unspecified atom stereocenters. The molecule has 12 rings (SSSR count). The van der Waals surface area contributed by atoms with Crippen LogP contribution in [0.15, 0.2) is 200 Å². The third-order valence-corrected chi connectivity index (χ3v) is 12.2. The molecule has 0 atom stereocenters. The van der Waals surface area contributed by atoms with Crippen LogP contribution in [0.1, 0.15) is 81.3 Å². The predicted molar refractivity (Wildman–Crippen MR) is 260 cm³/mol. The Hall–Kier alpha value is -7.22. The summed E-state index contributed by atoms with van der Waals surface area (Å²) in [5.74, 6) is 0. The van der Waals surface area contributed by atoms with Gasteiger partial charge < -0.3 is 4.90 Å². The van der Waals surface area contributed by atoms with Gasteiger partial charge >= 0.3 is 0 Å². The van der Waals surface area contributed by atoms with Crippen LogP contribution in [0.3, 0.4) is 0 Å². The van der Waals surface area contributed by atoms with Crippen molar-refractivity contribution in [2.75, 3.05) is 4.90 Å². The van der Waals surface area contributed by atoms with Crippen LogP contribution in [0.5, 0.6) is 0 Å². The van der Waals surface area contributed by atoms with Gasteiger partial charge in [0.1, 0.15) is 0 Å². The summed E-state index contributed by atoms with van der Waals surface area (Å²) in [6.45, 7) is -3.58. The minimum atomic E-state index is -3.86. The van der Waals surface area contributed by atoms with E-state index in [1.807, 2.05) is 91.0 Å². The third-order valence-electron chi connectivity index (χ3n) is 12.2. The number of nitrogens with zero attached hydrogens (tertiary/aromatic N) is 1. The highest BCUT2D eigenvalue weighted by molar-refractivity contribution is 6.15. The van der Waals surface area contributed by atoms with E-state index in [1.54, 1.807) is 11.0 Å². The van der Waals surface area contributed by atoms with Gasteiger partial charge in [-0.1, -0.05) is 197 Å². The van der Waals surface area contributed by atoms with Crippen molar-refractivity contribution >= 4 is 49.4 Å². The van der Waals surface area contributed by atoms with Crippen molar-refractivity contribution in [3.05, 3.63) is 222 Å². The zero-order chi connectivity index (χ0) is 60.8. The number of hydrogen-bond acceptors (Lipinski definition) is 1. The Balaban J connectivity index is 1.27. The lowest BCUT2D eigenvalue weighted by Crippen LogP contribution is -2.16. The topological polar surface area (TPSA) is 3.24 Å². The van der Waals surface area contributed by atoms with Crippen LogP contribution in [-0.2, 0) is 10.8 Å². The summed E-state index contributed by atoms with van der Waals surface area (Å²) in [7, 11) is 0. The highest BCUT2D eigenvalue weighted by atomic mass is 15.1. The lowest BCUT2D eigenvalue weighted by Gasteiger charge is -2.30. The van der Waals surface area contributed by atoms with Gasteiger partial charge in [-0.25, -0.2) is 0 Å². The van der Waals surface area contributed by atoms with Crippen LogP contribution in [0.25, 0.3) is 76.8 Å². The molecule has 0 bridgehead atoms. The first-order valence-corrected chi connectivity index (χ1v) is 19.7. The Kier molecular flexibility index (Phi) is 4.19. The minimum absolute atomic E-state index is 0.316. The zero-order valence-corrected chi connectivity index (χ0v) is 32.7. The molecule has 0 aromatic heterocycles. The molecule has 2 aliphatic carbocycles. The summed E-state index contributed by atoms with van der Waals surface area (Å²) in [4.78, 5) is 1.61. The van der Waals surface area contributed by atoms with E-state index in [0.29, 0.717) is 16.8 Å². The van der Waals surface area contributed by atoms with E-state index in [4.69, 9.17) is 15.1 Å². The van der Waals surface area contributed by atoms with E-state index in [2.05, 4.69) is 13.8 Å². The first-order chi connectivity index (χ1) is 39.4. The minimum Gasteiger partial charge on any atom is -0.310 e. The molecule has 0 amide bonds. The number of fused-ring (bicyclic) bond motifs is 10. The van der Waals surface area contributed by atoms with Crippen LogP contribution in [-0.4, -0.2) is 0 Å². The summed E-state index contributed by atoms with van der Waals surface area (Å²) >= 11 is 0. The molecule has 0 heterocycles. The van der Waals surface area contributed by atoms with Crippen molar-refractivity contribution in [1.29, 1.82) is 0 Å². The highest BCUT2D eigenvalue weighted by Crippen LogP contribution is 2.55. The maximum absolute atomic E-state index is 10.2. The van der Waals surface area contributed by atoms with E-state index >= 15 is 0 Å². The monoisotopic (exact) mass is 802 g/mol. The van der Waals surface area contributed by atoms with Gasteiger partial charge in [-0.2, -0.15) is 0 Å². The summed E-state index contributed by atoms with van der Waals surface area (Å²) in [5.41, 5.74) is -7.06. The molecule has 0 radical (unpaired) electrons. The molecule has 10 aromatic rings. The normalized spacial score (nSPS) is 19.9. The first kappa shape index (κ1) is 19.4. The molecule has 1 nitrogen and oxygen atoms in total. The third kappa shape index (κ3) is 5.20. The second-order valence-corrected chi connectivity index (χ2v) is 15.9. The molecular weight excluding hydrogens is 735 g/mol. The van der Waals surface area contributed by atoms with Gasteiger partial charge in [0.15, 0.2) is 0 Å². The molecule has 0 N–H and O–H groups in total. The Morgan fingerprint density at radius 2 is 1.11 bits per heavy atom. The molecule has 0 spiro atoms. The fraction of sp³-hybridized carbons (Fsp3) is 0.100. The fourth-order valence-electron chi connectivity index (χ4n) is 9.36. The lowest BCUT2D eigenvalue weighted by molar-refractivity contribution is 0.660. The van der Waals surface area contributed by atoms with E-state index in [9.17, 15) is 16.4 Å². The van der Waals surface area contributed by atoms with Crippen molar-refractivity contribution in [2.45, 2.75) is 38.4 Å². The first-order valence-electron chi connectivity index (χ1n) is 31.2. The van der Waals surface area contributed by atoms with Gasteiger partial charge in [0, 0.05) is 35.8 Å². The van der Waals surface area contributed by atoms with Gasteiger partial charge in [0.2, 0.25) is 0 Å². The second kappa shape index (κ2) is 13.1. The van der Waals surface area contributed by atoms with Crippen molar-refractivity contribution in [3.63, 3.8) is 0 Å². The maximum atomic E-state index is 10.2. The molecule has 0 saturated carbocycles. The summed E-state index contributed by atoms with van der Waals surface area (Å²) in [6.07, 6.45) is 0. The molecule has 2 aliphatic rings. The number of anilines is 3. The summed E-state index contributed by atoms with van der Waals surface area (Å²) in [5, 5.41) is 1.58. The van der Waals surface area contributed by atoms with Crippen molar-refractivity contribution in [2.24, 2.45) is 0 Å². The van der Waals surface area contributed by atoms with E-state index in [1.165, 1.54) is 0 Å². The fourth-order valence-corrected chi connectivity index (χ4v) is 9.36. The molecule has 0 aliphatic heterocycles. The van der Waals surface area contributed by atoms with Crippen LogP contribution < -0.4 is 4.90 Å².